The van der Waals surface area contributed by atoms with Gasteiger partial charge in [-0.05, 0) is 75.6 Å². The second-order valence-electron chi connectivity index (χ2n) is 9.91. The molecule has 0 fully saturated rings. The molecule has 0 saturated carbocycles. The van der Waals surface area contributed by atoms with Gasteiger partial charge in [-0.2, -0.15) is 0 Å². The summed E-state index contributed by atoms with van der Waals surface area (Å²) in [6.07, 6.45) is 9.10. The van der Waals surface area contributed by atoms with Gasteiger partial charge in [-0.1, -0.05) is 59.4 Å². The van der Waals surface area contributed by atoms with Crippen LogP contribution in [-0.2, 0) is 18.3 Å². The molecule has 0 saturated heterocycles. The van der Waals surface area contributed by atoms with Crippen molar-refractivity contribution < 1.29 is 4.58 Å². The first-order valence-corrected chi connectivity index (χ1v) is 11.8. The summed E-state index contributed by atoms with van der Waals surface area (Å²) >= 11 is 0. The molecule has 0 aromatic heterocycles. The minimum atomic E-state index is -0.0836. The third kappa shape index (κ3) is 4.01. The molecule has 0 spiro atoms. The minimum Gasteiger partial charge on any atom is -0.378 e. The minimum absolute atomic E-state index is 0. The fraction of sp³-hybridized carbons (Fsp3) is 0.387. The summed E-state index contributed by atoms with van der Waals surface area (Å²) in [6, 6.07) is 13.9. The van der Waals surface area contributed by atoms with Crippen molar-refractivity contribution in [2.45, 2.75) is 53.4 Å². The van der Waals surface area contributed by atoms with E-state index in [2.05, 4.69) is 120 Å². The van der Waals surface area contributed by atoms with Crippen molar-refractivity contribution in [1.29, 1.82) is 0 Å². The van der Waals surface area contributed by atoms with E-state index in [-0.39, 0.29) is 12.8 Å². The number of fused-ring (bicyclic) bond motifs is 2. The molecule has 2 aliphatic carbocycles. The van der Waals surface area contributed by atoms with E-state index in [1.165, 1.54) is 55.9 Å². The molecule has 4 rings (SSSR count). The van der Waals surface area contributed by atoms with Crippen molar-refractivity contribution in [2.24, 2.45) is 0 Å². The van der Waals surface area contributed by atoms with Gasteiger partial charge in [0.25, 0.3) is 0 Å². The van der Waals surface area contributed by atoms with Crippen LogP contribution in [0.1, 0.15) is 62.9 Å². The summed E-state index contributed by atoms with van der Waals surface area (Å²) in [6.45, 7) is 9.31. The summed E-state index contributed by atoms with van der Waals surface area (Å²) in [5.74, 6) is 0. The zero-order valence-electron chi connectivity index (χ0n) is 21.0. The van der Waals surface area contributed by atoms with Crippen molar-refractivity contribution in [3.05, 3.63) is 93.6 Å². The lowest BCUT2D eigenvalue weighted by Crippen LogP contribution is -2.31. The Morgan fingerprint density at radius 3 is 2.09 bits per heavy atom. The van der Waals surface area contributed by atoms with Gasteiger partial charge < -0.3 is 4.90 Å². The molecule has 0 radical (unpaired) electrons. The summed E-state index contributed by atoms with van der Waals surface area (Å²) in [5, 5.41) is 0. The van der Waals surface area contributed by atoms with E-state index in [0.29, 0.717) is 0 Å². The number of anilines is 1. The van der Waals surface area contributed by atoms with Crippen LogP contribution in [0.25, 0.3) is 5.57 Å². The molecule has 0 aliphatic heterocycles. The van der Waals surface area contributed by atoms with Crippen LogP contribution in [0.2, 0.25) is 0 Å². The van der Waals surface area contributed by atoms with Crippen LogP contribution < -0.4 is 4.90 Å². The van der Waals surface area contributed by atoms with E-state index in [1.807, 2.05) is 0 Å². The molecule has 0 atom stereocenters. The van der Waals surface area contributed by atoms with Crippen molar-refractivity contribution in [3.63, 3.8) is 0 Å². The van der Waals surface area contributed by atoms with Crippen LogP contribution in [0.5, 0.6) is 0 Å². The normalized spacial score (nSPS) is 16.0. The van der Waals surface area contributed by atoms with E-state index >= 15 is 0 Å². The van der Waals surface area contributed by atoms with Crippen LogP contribution in [0, 0.1) is 0 Å². The predicted molar refractivity (Wildman–Crippen MR) is 146 cm³/mol. The van der Waals surface area contributed by atoms with E-state index < -0.39 is 0 Å². The molecular formula is C31H41N2+. The molecule has 2 aromatic carbocycles. The van der Waals surface area contributed by atoms with Crippen LogP contribution in [0.15, 0.2) is 65.8 Å². The number of benzene rings is 2. The second-order valence-corrected chi connectivity index (χ2v) is 9.91. The van der Waals surface area contributed by atoms with E-state index in [9.17, 15) is 0 Å². The fourth-order valence-corrected chi connectivity index (χ4v) is 5.21. The Hall–Kier alpha value is -2.87. The monoisotopic (exact) mass is 441 g/mol. The molecule has 0 unspecified atom stereocenters. The highest BCUT2D eigenvalue weighted by Gasteiger charge is 2.39. The highest BCUT2D eigenvalue weighted by Crippen LogP contribution is 2.51. The lowest BCUT2D eigenvalue weighted by atomic mass is 9.63. The molecule has 2 aliphatic rings. The molecule has 0 bridgehead atoms. The first-order chi connectivity index (χ1) is 15.2. The SMILES string of the molecule is C.CCc1cccc(CC)c1C1=C2C=CC(=[N+](C)C)C=C2C(C)(C)c2cc(N(C)C)ccc21. The molecule has 0 heterocycles. The maximum absolute atomic E-state index is 2.40. The first kappa shape index (κ1) is 24.8. The second kappa shape index (κ2) is 9.17. The van der Waals surface area contributed by atoms with E-state index in [4.69, 9.17) is 0 Å². The number of hydrogen-bond donors (Lipinski definition) is 0. The van der Waals surface area contributed by atoms with Gasteiger partial charge in [0.05, 0.1) is 0 Å². The average Bonchev–Trinajstić information content (AvgIpc) is 2.78. The lowest BCUT2D eigenvalue weighted by Gasteiger charge is -2.40. The van der Waals surface area contributed by atoms with Crippen LogP contribution >= 0.6 is 0 Å². The Morgan fingerprint density at radius 2 is 1.55 bits per heavy atom. The van der Waals surface area contributed by atoms with Crippen molar-refractivity contribution >= 4 is 17.0 Å². The summed E-state index contributed by atoms with van der Waals surface area (Å²) in [7, 11) is 8.51. The highest BCUT2D eigenvalue weighted by molar-refractivity contribution is 6.07. The Labute approximate surface area is 201 Å². The third-order valence-electron chi connectivity index (χ3n) is 7.17. The van der Waals surface area contributed by atoms with Gasteiger partial charge in [0.2, 0.25) is 0 Å². The summed E-state index contributed by atoms with van der Waals surface area (Å²) in [4.78, 5) is 2.21. The van der Waals surface area contributed by atoms with Gasteiger partial charge in [-0.3, -0.25) is 0 Å². The molecule has 2 heteroatoms. The topological polar surface area (TPSA) is 6.25 Å². The Balaban J connectivity index is 0.00000306. The van der Waals surface area contributed by atoms with Gasteiger partial charge in [-0.15, -0.1) is 0 Å². The maximum Gasteiger partial charge on any atom is 0.199 e. The van der Waals surface area contributed by atoms with Crippen LogP contribution in [0.3, 0.4) is 0 Å². The van der Waals surface area contributed by atoms with E-state index in [1.54, 1.807) is 0 Å². The molecule has 174 valence electrons. The number of aryl methyl sites for hydroxylation is 2. The quantitative estimate of drug-likeness (QED) is 0.472. The molecule has 2 nitrogen and oxygen atoms in total. The largest absolute Gasteiger partial charge is 0.378 e. The highest BCUT2D eigenvalue weighted by atomic mass is 15.1. The summed E-state index contributed by atoms with van der Waals surface area (Å²) in [5.41, 5.74) is 13.7. The van der Waals surface area contributed by atoms with Gasteiger partial charge >= 0.3 is 0 Å². The van der Waals surface area contributed by atoms with Crippen molar-refractivity contribution in [3.8, 4) is 0 Å². The molecule has 33 heavy (non-hydrogen) atoms. The lowest BCUT2D eigenvalue weighted by molar-refractivity contribution is -0.462. The zero-order chi connectivity index (χ0) is 23.2. The fourth-order valence-electron chi connectivity index (χ4n) is 5.21. The number of nitrogens with zero attached hydrogens (tertiary/aromatic N) is 2. The number of allylic oxidation sites excluding steroid dienone is 5. The standard InChI is InChI=1S/C30H37N2.CH4/c1-9-20-12-11-13-21(10-2)28(20)29-24-16-14-22(31(5)6)18-26(24)30(3,4)27-19-23(32(7)8)15-17-25(27)29;/h11-19H,9-10H2,1-8H3;1H4/q+1;. The molecule has 0 amide bonds. The Bertz CT molecular complexity index is 1170. The third-order valence-corrected chi connectivity index (χ3v) is 7.17. The molecular weight excluding hydrogens is 400 g/mol. The smallest absolute Gasteiger partial charge is 0.199 e. The average molecular weight is 442 g/mol. The first-order valence-electron chi connectivity index (χ1n) is 11.8. The Morgan fingerprint density at radius 1 is 0.909 bits per heavy atom. The van der Waals surface area contributed by atoms with Crippen molar-refractivity contribution in [2.75, 3.05) is 33.1 Å². The van der Waals surface area contributed by atoms with Crippen molar-refractivity contribution in [1.82, 2.24) is 0 Å². The van der Waals surface area contributed by atoms with Gasteiger partial charge in [0, 0.05) is 37.3 Å². The van der Waals surface area contributed by atoms with E-state index in [0.717, 1.165) is 12.8 Å². The van der Waals surface area contributed by atoms with Gasteiger partial charge in [0.15, 0.2) is 5.71 Å². The molecule has 2 aromatic rings. The van der Waals surface area contributed by atoms with Gasteiger partial charge in [-0.25, -0.2) is 4.58 Å². The Kier molecular flexibility index (Phi) is 6.88. The number of rotatable bonds is 4. The molecule has 0 N–H and O–H groups in total. The van der Waals surface area contributed by atoms with Crippen LogP contribution in [0.4, 0.5) is 5.69 Å². The van der Waals surface area contributed by atoms with Crippen LogP contribution in [-0.4, -0.2) is 38.5 Å². The summed E-state index contributed by atoms with van der Waals surface area (Å²) < 4.78 is 2.21. The number of hydrogen-bond acceptors (Lipinski definition) is 1. The maximum atomic E-state index is 2.40. The zero-order valence-corrected chi connectivity index (χ0v) is 21.0. The predicted octanol–water partition coefficient (Wildman–Crippen LogP) is 6.82. The van der Waals surface area contributed by atoms with Gasteiger partial charge in [0.1, 0.15) is 14.1 Å².